The Bertz CT molecular complexity index is 391. The molecule has 0 saturated carbocycles. The predicted octanol–water partition coefficient (Wildman–Crippen LogP) is 1.26. The highest BCUT2D eigenvalue weighted by Crippen LogP contribution is 2.31. The van der Waals surface area contributed by atoms with Gasteiger partial charge in [0.15, 0.2) is 5.82 Å². The van der Waals surface area contributed by atoms with E-state index in [-0.39, 0.29) is 6.04 Å². The number of nitrogens with one attached hydrogen (secondary N) is 1. The number of hydrogen-bond donors (Lipinski definition) is 1. The zero-order chi connectivity index (χ0) is 12.4. The first-order valence-electron chi connectivity index (χ1n) is 6.67. The SMILES string of the molecule is CN1CCNCC1c1noc(C2CCSCC2)n1. The third-order valence-corrected chi connectivity index (χ3v) is 4.89. The minimum atomic E-state index is 0.259. The van der Waals surface area contributed by atoms with E-state index in [1.54, 1.807) is 0 Å². The Kier molecular flexibility index (Phi) is 3.86. The van der Waals surface area contributed by atoms with Gasteiger partial charge in [-0.15, -0.1) is 0 Å². The van der Waals surface area contributed by atoms with Crippen LogP contribution in [0.15, 0.2) is 4.52 Å². The molecule has 0 aliphatic carbocycles. The zero-order valence-corrected chi connectivity index (χ0v) is 11.6. The second-order valence-electron chi connectivity index (χ2n) is 5.08. The average molecular weight is 268 g/mol. The molecular formula is C12H20N4OS. The molecule has 0 radical (unpaired) electrons. The van der Waals surface area contributed by atoms with Gasteiger partial charge in [0, 0.05) is 25.6 Å². The molecule has 18 heavy (non-hydrogen) atoms. The Morgan fingerprint density at radius 3 is 3.00 bits per heavy atom. The molecule has 1 N–H and O–H groups in total. The summed E-state index contributed by atoms with van der Waals surface area (Å²) in [7, 11) is 2.12. The monoisotopic (exact) mass is 268 g/mol. The third kappa shape index (κ3) is 2.55. The van der Waals surface area contributed by atoms with Crippen LogP contribution in [0.5, 0.6) is 0 Å². The number of nitrogens with zero attached hydrogens (tertiary/aromatic N) is 3. The molecule has 1 atom stereocenters. The van der Waals surface area contributed by atoms with Crippen molar-refractivity contribution in [1.82, 2.24) is 20.4 Å². The first-order chi connectivity index (χ1) is 8.84. The van der Waals surface area contributed by atoms with Crippen molar-refractivity contribution in [3.63, 3.8) is 0 Å². The fraction of sp³-hybridized carbons (Fsp3) is 0.833. The van der Waals surface area contributed by atoms with Gasteiger partial charge < -0.3 is 9.84 Å². The lowest BCUT2D eigenvalue weighted by atomic mass is 10.0. The van der Waals surface area contributed by atoms with Crippen LogP contribution in [-0.4, -0.2) is 53.2 Å². The van der Waals surface area contributed by atoms with Gasteiger partial charge in [-0.05, 0) is 31.4 Å². The fourth-order valence-electron chi connectivity index (χ4n) is 2.59. The highest BCUT2D eigenvalue weighted by atomic mass is 32.2. The normalized spacial score (nSPS) is 27.5. The van der Waals surface area contributed by atoms with Gasteiger partial charge in [-0.1, -0.05) is 5.16 Å². The average Bonchev–Trinajstić information content (AvgIpc) is 2.90. The second-order valence-corrected chi connectivity index (χ2v) is 6.30. The minimum Gasteiger partial charge on any atom is -0.339 e. The summed E-state index contributed by atoms with van der Waals surface area (Å²) >= 11 is 2.02. The van der Waals surface area contributed by atoms with Crippen LogP contribution in [0.1, 0.15) is 36.5 Å². The first kappa shape index (κ1) is 12.4. The van der Waals surface area contributed by atoms with Crippen molar-refractivity contribution >= 4 is 11.8 Å². The summed E-state index contributed by atoms with van der Waals surface area (Å²) < 4.78 is 5.48. The van der Waals surface area contributed by atoms with E-state index in [0.717, 1.165) is 31.3 Å². The molecule has 3 rings (SSSR count). The standard InChI is InChI=1S/C12H20N4OS/c1-16-5-4-13-8-10(16)11-14-12(17-15-11)9-2-6-18-7-3-9/h9-10,13H,2-8H2,1H3. The van der Waals surface area contributed by atoms with Crippen LogP contribution < -0.4 is 5.32 Å². The minimum absolute atomic E-state index is 0.259. The van der Waals surface area contributed by atoms with Crippen molar-refractivity contribution in [2.75, 3.05) is 38.2 Å². The summed E-state index contributed by atoms with van der Waals surface area (Å²) in [6.45, 7) is 2.99. The van der Waals surface area contributed by atoms with Crippen molar-refractivity contribution in [1.29, 1.82) is 0 Å². The molecule has 3 heterocycles. The van der Waals surface area contributed by atoms with Gasteiger partial charge in [-0.2, -0.15) is 16.7 Å². The number of piperazine rings is 1. The quantitative estimate of drug-likeness (QED) is 0.871. The summed E-state index contributed by atoms with van der Waals surface area (Å²) in [6.07, 6.45) is 2.34. The van der Waals surface area contributed by atoms with Crippen LogP contribution in [-0.2, 0) is 0 Å². The topological polar surface area (TPSA) is 54.2 Å². The molecule has 1 unspecified atom stereocenters. The molecule has 100 valence electrons. The number of likely N-dealkylation sites (N-methyl/N-ethyl adjacent to an activating group) is 1. The molecule has 0 bridgehead atoms. The van der Waals surface area contributed by atoms with Crippen molar-refractivity contribution in [2.45, 2.75) is 24.8 Å². The molecule has 0 aromatic carbocycles. The van der Waals surface area contributed by atoms with E-state index in [1.165, 1.54) is 24.3 Å². The maximum absolute atomic E-state index is 5.48. The number of hydrogen-bond acceptors (Lipinski definition) is 6. The molecule has 2 saturated heterocycles. The van der Waals surface area contributed by atoms with Gasteiger partial charge in [0.1, 0.15) is 0 Å². The predicted molar refractivity (Wildman–Crippen MR) is 71.8 cm³/mol. The van der Waals surface area contributed by atoms with Gasteiger partial charge >= 0.3 is 0 Å². The van der Waals surface area contributed by atoms with Gasteiger partial charge in [-0.3, -0.25) is 4.90 Å². The summed E-state index contributed by atoms with van der Waals surface area (Å²) in [5.74, 6) is 4.61. The van der Waals surface area contributed by atoms with Crippen LogP contribution in [0.25, 0.3) is 0 Å². The molecule has 2 aliphatic rings. The van der Waals surface area contributed by atoms with Crippen LogP contribution in [0.3, 0.4) is 0 Å². The van der Waals surface area contributed by atoms with E-state index >= 15 is 0 Å². The third-order valence-electron chi connectivity index (χ3n) is 3.84. The molecule has 2 fully saturated rings. The molecule has 1 aromatic heterocycles. The smallest absolute Gasteiger partial charge is 0.229 e. The van der Waals surface area contributed by atoms with Crippen LogP contribution in [0.2, 0.25) is 0 Å². The maximum Gasteiger partial charge on any atom is 0.229 e. The Balaban J connectivity index is 1.71. The Labute approximate surface area is 112 Å². The number of thioether (sulfide) groups is 1. The molecule has 0 spiro atoms. The van der Waals surface area contributed by atoms with E-state index in [0.29, 0.717) is 5.92 Å². The first-order valence-corrected chi connectivity index (χ1v) is 7.82. The summed E-state index contributed by atoms with van der Waals surface area (Å²) in [4.78, 5) is 6.93. The van der Waals surface area contributed by atoms with Gasteiger partial charge in [-0.25, -0.2) is 0 Å². The Morgan fingerprint density at radius 1 is 1.39 bits per heavy atom. The van der Waals surface area contributed by atoms with Crippen molar-refractivity contribution < 1.29 is 4.52 Å². The molecule has 0 amide bonds. The van der Waals surface area contributed by atoms with Gasteiger partial charge in [0.2, 0.25) is 5.89 Å². The molecule has 5 nitrogen and oxygen atoms in total. The largest absolute Gasteiger partial charge is 0.339 e. The van der Waals surface area contributed by atoms with E-state index in [2.05, 4.69) is 27.4 Å². The Hall–Kier alpha value is -0.590. The summed E-state index contributed by atoms with van der Waals surface area (Å²) in [6, 6.07) is 0.259. The molecule has 1 aromatic rings. The zero-order valence-electron chi connectivity index (χ0n) is 10.8. The van der Waals surface area contributed by atoms with E-state index < -0.39 is 0 Å². The maximum atomic E-state index is 5.48. The second kappa shape index (κ2) is 5.59. The van der Waals surface area contributed by atoms with E-state index in [4.69, 9.17) is 4.52 Å². The van der Waals surface area contributed by atoms with E-state index in [1.807, 2.05) is 11.8 Å². The van der Waals surface area contributed by atoms with Gasteiger partial charge in [0.25, 0.3) is 0 Å². The lowest BCUT2D eigenvalue weighted by molar-refractivity contribution is 0.190. The van der Waals surface area contributed by atoms with Crippen LogP contribution >= 0.6 is 11.8 Å². The fourth-order valence-corrected chi connectivity index (χ4v) is 3.69. The Morgan fingerprint density at radius 2 is 2.22 bits per heavy atom. The van der Waals surface area contributed by atoms with Crippen molar-refractivity contribution in [2.24, 2.45) is 0 Å². The van der Waals surface area contributed by atoms with Crippen LogP contribution in [0, 0.1) is 0 Å². The molecular weight excluding hydrogens is 248 g/mol. The van der Waals surface area contributed by atoms with E-state index in [9.17, 15) is 0 Å². The summed E-state index contributed by atoms with van der Waals surface area (Å²) in [5, 5.41) is 7.58. The van der Waals surface area contributed by atoms with Crippen molar-refractivity contribution in [3.8, 4) is 0 Å². The van der Waals surface area contributed by atoms with Gasteiger partial charge in [0.05, 0.1) is 6.04 Å². The lowest BCUT2D eigenvalue weighted by Crippen LogP contribution is -2.44. The molecule has 6 heteroatoms. The highest BCUT2D eigenvalue weighted by molar-refractivity contribution is 7.99. The number of aromatic nitrogens is 2. The lowest BCUT2D eigenvalue weighted by Gasteiger charge is -2.30. The number of rotatable bonds is 2. The highest BCUT2D eigenvalue weighted by Gasteiger charge is 2.27. The molecule has 2 aliphatic heterocycles. The van der Waals surface area contributed by atoms with Crippen LogP contribution in [0.4, 0.5) is 0 Å². The summed E-state index contributed by atoms with van der Waals surface area (Å²) in [5.41, 5.74) is 0. The van der Waals surface area contributed by atoms with Crippen molar-refractivity contribution in [3.05, 3.63) is 11.7 Å².